The lowest BCUT2D eigenvalue weighted by Gasteiger charge is -2.39. The standard InChI is InChI=1S/C30H44N2O3/c1-6-8-9-10-12-24(11-7-2)30(33)31-26-19-27-14-15-28(20-26)32(27)21-25-13-16-29(23(4)22(25)3)35-18-17-34-5/h7,9-13,16,26-28H,6,8,14-15,17-21H2,1-5H3,(H,31,33)/b10-9+,11-7-,24-12+. The molecule has 1 amide bonds. The Kier molecular flexibility index (Phi) is 10.6. The van der Waals surface area contributed by atoms with Gasteiger partial charge in [0.25, 0.3) is 5.91 Å². The van der Waals surface area contributed by atoms with Gasteiger partial charge >= 0.3 is 0 Å². The van der Waals surface area contributed by atoms with Gasteiger partial charge in [0, 0.05) is 37.4 Å². The van der Waals surface area contributed by atoms with Gasteiger partial charge in [0.15, 0.2) is 0 Å². The van der Waals surface area contributed by atoms with Crippen molar-refractivity contribution in [2.24, 2.45) is 0 Å². The average molecular weight is 481 g/mol. The fraction of sp³-hybridized carbons (Fsp3) is 0.567. The predicted molar refractivity (Wildman–Crippen MR) is 144 cm³/mol. The Hall–Kier alpha value is -2.37. The Morgan fingerprint density at radius 1 is 1.14 bits per heavy atom. The van der Waals surface area contributed by atoms with E-state index in [1.165, 1.54) is 29.5 Å². The Morgan fingerprint density at radius 2 is 1.89 bits per heavy atom. The summed E-state index contributed by atoms with van der Waals surface area (Å²) in [5.41, 5.74) is 4.63. The van der Waals surface area contributed by atoms with Gasteiger partial charge in [-0.05, 0) is 81.7 Å². The van der Waals surface area contributed by atoms with Crippen LogP contribution in [0.3, 0.4) is 0 Å². The normalized spacial score (nSPS) is 22.9. The van der Waals surface area contributed by atoms with Gasteiger partial charge in [0.1, 0.15) is 12.4 Å². The second-order valence-electron chi connectivity index (χ2n) is 9.85. The van der Waals surface area contributed by atoms with Crippen molar-refractivity contribution in [1.82, 2.24) is 10.2 Å². The third-order valence-electron chi connectivity index (χ3n) is 7.44. The molecule has 0 saturated carbocycles. The molecular weight excluding hydrogens is 436 g/mol. The van der Waals surface area contributed by atoms with E-state index >= 15 is 0 Å². The number of hydrogen-bond donors (Lipinski definition) is 1. The number of allylic oxidation sites excluding steroid dienone is 4. The van der Waals surface area contributed by atoms with E-state index in [0.29, 0.717) is 25.3 Å². The zero-order valence-corrected chi connectivity index (χ0v) is 22.3. The lowest BCUT2D eigenvalue weighted by atomic mass is 9.94. The maximum atomic E-state index is 13.0. The quantitative estimate of drug-likeness (QED) is 0.233. The number of hydrogen-bond acceptors (Lipinski definition) is 4. The molecular formula is C30H44N2O3. The van der Waals surface area contributed by atoms with Crippen LogP contribution in [0.15, 0.2) is 48.1 Å². The largest absolute Gasteiger partial charge is 0.491 e. The summed E-state index contributed by atoms with van der Waals surface area (Å²) in [7, 11) is 1.69. The minimum atomic E-state index is 0.0395. The molecule has 2 aliphatic heterocycles. The third-order valence-corrected chi connectivity index (χ3v) is 7.44. The number of nitrogens with one attached hydrogen (secondary N) is 1. The summed E-state index contributed by atoms with van der Waals surface area (Å²) >= 11 is 0. The monoisotopic (exact) mass is 480 g/mol. The van der Waals surface area contributed by atoms with Crippen LogP contribution in [-0.4, -0.2) is 49.3 Å². The Balaban J connectivity index is 1.61. The van der Waals surface area contributed by atoms with Crippen LogP contribution in [0, 0.1) is 13.8 Å². The van der Waals surface area contributed by atoms with Gasteiger partial charge in [-0.3, -0.25) is 9.69 Å². The lowest BCUT2D eigenvalue weighted by Crippen LogP contribution is -2.50. The van der Waals surface area contributed by atoms with Crippen molar-refractivity contribution in [3.05, 3.63) is 64.8 Å². The minimum Gasteiger partial charge on any atom is -0.491 e. The van der Waals surface area contributed by atoms with E-state index in [4.69, 9.17) is 9.47 Å². The van der Waals surface area contributed by atoms with Crippen molar-refractivity contribution in [2.75, 3.05) is 20.3 Å². The lowest BCUT2D eigenvalue weighted by molar-refractivity contribution is -0.118. The molecule has 2 fully saturated rings. The molecule has 2 heterocycles. The predicted octanol–water partition coefficient (Wildman–Crippen LogP) is 5.80. The molecule has 0 radical (unpaired) electrons. The summed E-state index contributed by atoms with van der Waals surface area (Å²) in [5.74, 6) is 0.986. The van der Waals surface area contributed by atoms with Crippen LogP contribution in [0.25, 0.3) is 0 Å². The van der Waals surface area contributed by atoms with E-state index < -0.39 is 0 Å². The number of carbonyl (C=O) groups is 1. The Labute approximate surface area is 212 Å². The number of amides is 1. The van der Waals surface area contributed by atoms with Crippen molar-refractivity contribution >= 4 is 5.91 Å². The molecule has 2 atom stereocenters. The van der Waals surface area contributed by atoms with E-state index in [0.717, 1.165) is 43.6 Å². The molecule has 3 rings (SSSR count). The zero-order chi connectivity index (χ0) is 25.2. The number of benzene rings is 1. The van der Waals surface area contributed by atoms with Crippen molar-refractivity contribution in [3.8, 4) is 5.75 Å². The minimum absolute atomic E-state index is 0.0395. The molecule has 5 nitrogen and oxygen atoms in total. The maximum Gasteiger partial charge on any atom is 0.251 e. The van der Waals surface area contributed by atoms with E-state index in [9.17, 15) is 4.79 Å². The molecule has 1 N–H and O–H groups in total. The average Bonchev–Trinajstić information content (AvgIpc) is 3.07. The summed E-state index contributed by atoms with van der Waals surface area (Å²) in [6.45, 7) is 10.6. The molecule has 2 saturated heterocycles. The zero-order valence-electron chi connectivity index (χ0n) is 22.3. The van der Waals surface area contributed by atoms with Gasteiger partial charge < -0.3 is 14.8 Å². The van der Waals surface area contributed by atoms with Crippen LogP contribution < -0.4 is 10.1 Å². The van der Waals surface area contributed by atoms with Crippen LogP contribution in [0.2, 0.25) is 0 Å². The fourth-order valence-electron chi connectivity index (χ4n) is 5.35. The first-order valence-corrected chi connectivity index (χ1v) is 13.2. The smallest absolute Gasteiger partial charge is 0.251 e. The van der Waals surface area contributed by atoms with E-state index in [1.54, 1.807) is 7.11 Å². The fourth-order valence-corrected chi connectivity index (χ4v) is 5.35. The second-order valence-corrected chi connectivity index (χ2v) is 9.85. The second kappa shape index (κ2) is 13.6. The number of ether oxygens (including phenoxy) is 2. The highest BCUT2D eigenvalue weighted by atomic mass is 16.5. The highest BCUT2D eigenvalue weighted by Gasteiger charge is 2.41. The van der Waals surface area contributed by atoms with Crippen molar-refractivity contribution < 1.29 is 14.3 Å². The molecule has 0 aromatic heterocycles. The third kappa shape index (κ3) is 7.31. The Morgan fingerprint density at radius 3 is 2.54 bits per heavy atom. The number of unbranched alkanes of at least 4 members (excludes halogenated alkanes) is 1. The van der Waals surface area contributed by atoms with Gasteiger partial charge in [-0.25, -0.2) is 0 Å². The van der Waals surface area contributed by atoms with E-state index in [2.05, 4.69) is 49.2 Å². The van der Waals surface area contributed by atoms with E-state index in [-0.39, 0.29) is 11.9 Å². The molecule has 0 aliphatic carbocycles. The van der Waals surface area contributed by atoms with E-state index in [1.807, 2.05) is 31.2 Å². The molecule has 1 aromatic rings. The van der Waals surface area contributed by atoms with Crippen LogP contribution in [0.5, 0.6) is 5.75 Å². The Bertz CT molecular complexity index is 920. The van der Waals surface area contributed by atoms with Gasteiger partial charge in [-0.1, -0.05) is 43.7 Å². The number of carbonyl (C=O) groups excluding carboxylic acids is 1. The van der Waals surface area contributed by atoms with Crippen molar-refractivity contribution in [1.29, 1.82) is 0 Å². The highest BCUT2D eigenvalue weighted by molar-refractivity contribution is 5.96. The first-order chi connectivity index (χ1) is 17.0. The molecule has 35 heavy (non-hydrogen) atoms. The maximum absolute atomic E-state index is 13.0. The van der Waals surface area contributed by atoms with Crippen molar-refractivity contribution in [2.45, 2.75) is 90.9 Å². The first-order valence-electron chi connectivity index (χ1n) is 13.2. The number of rotatable bonds is 12. The van der Waals surface area contributed by atoms with Crippen LogP contribution in [0.4, 0.5) is 0 Å². The molecule has 2 unspecified atom stereocenters. The molecule has 2 bridgehead atoms. The van der Waals surface area contributed by atoms with Gasteiger partial charge in [-0.2, -0.15) is 0 Å². The molecule has 192 valence electrons. The summed E-state index contributed by atoms with van der Waals surface area (Å²) < 4.78 is 11.0. The summed E-state index contributed by atoms with van der Waals surface area (Å²) in [5, 5.41) is 3.34. The van der Waals surface area contributed by atoms with Gasteiger partial charge in [-0.15, -0.1) is 0 Å². The highest BCUT2D eigenvalue weighted by Crippen LogP contribution is 2.38. The number of nitrogens with zero attached hydrogens (tertiary/aromatic N) is 1. The molecule has 2 aliphatic rings. The molecule has 1 aromatic carbocycles. The summed E-state index contributed by atoms with van der Waals surface area (Å²) in [6, 6.07) is 5.61. The molecule has 0 spiro atoms. The molecule has 5 heteroatoms. The number of methoxy groups -OCH3 is 1. The summed E-state index contributed by atoms with van der Waals surface area (Å²) in [6.07, 6.45) is 16.5. The van der Waals surface area contributed by atoms with Gasteiger partial charge in [0.2, 0.25) is 0 Å². The van der Waals surface area contributed by atoms with Crippen LogP contribution in [-0.2, 0) is 16.1 Å². The summed E-state index contributed by atoms with van der Waals surface area (Å²) in [4.78, 5) is 15.7. The number of fused-ring (bicyclic) bond motifs is 2. The first kappa shape index (κ1) is 27.2. The topological polar surface area (TPSA) is 50.8 Å². The number of piperidine rings is 1. The van der Waals surface area contributed by atoms with Crippen molar-refractivity contribution in [3.63, 3.8) is 0 Å². The van der Waals surface area contributed by atoms with Crippen LogP contribution >= 0.6 is 0 Å². The SMILES string of the molecule is C\C=C/C(=C\C=C\CCC)C(=O)NC1CC2CCC(C1)N2Cc1ccc(OCCOC)c(C)c1C. The van der Waals surface area contributed by atoms with Gasteiger partial charge in [0.05, 0.1) is 6.61 Å². The van der Waals surface area contributed by atoms with Crippen LogP contribution in [0.1, 0.15) is 69.1 Å².